The van der Waals surface area contributed by atoms with Crippen molar-refractivity contribution in [1.29, 1.82) is 0 Å². The van der Waals surface area contributed by atoms with Crippen LogP contribution in [0.25, 0.3) is 0 Å². The lowest BCUT2D eigenvalue weighted by atomic mass is 10.1. The maximum absolute atomic E-state index is 12.6. The zero-order valence-corrected chi connectivity index (χ0v) is 33.7. The number of unbranched alkanes of at least 4 members (excludes halogenated alkanes) is 11. The molecule has 0 aliphatic rings. The molecule has 52 heavy (non-hydrogen) atoms. The maximum Gasteiger partial charge on any atom is 0.306 e. The number of ether oxygens (including phenoxy) is 3. The Labute approximate surface area is 318 Å². The highest BCUT2D eigenvalue weighted by molar-refractivity contribution is 5.70. The third kappa shape index (κ3) is 32.9. The van der Waals surface area contributed by atoms with Gasteiger partial charge < -0.3 is 28.6 Å². The van der Waals surface area contributed by atoms with Crippen LogP contribution in [0.5, 0.6) is 0 Å². The van der Waals surface area contributed by atoms with Crippen LogP contribution in [0.3, 0.4) is 0 Å². The van der Waals surface area contributed by atoms with Crippen molar-refractivity contribution in [3.05, 3.63) is 60.8 Å². The maximum atomic E-state index is 12.6. The molecule has 0 aromatic rings. The van der Waals surface area contributed by atoms with E-state index < -0.39 is 18.1 Å². The first-order valence-electron chi connectivity index (χ1n) is 20.3. The van der Waals surface area contributed by atoms with Gasteiger partial charge in [-0.15, -0.1) is 0 Å². The van der Waals surface area contributed by atoms with Crippen LogP contribution in [0.4, 0.5) is 0 Å². The van der Waals surface area contributed by atoms with Crippen molar-refractivity contribution < 1.29 is 38.2 Å². The zero-order valence-electron chi connectivity index (χ0n) is 33.7. The lowest BCUT2D eigenvalue weighted by molar-refractivity contribution is -0.889. The van der Waals surface area contributed by atoms with Gasteiger partial charge in [0, 0.05) is 19.3 Å². The Balaban J connectivity index is 4.40. The van der Waals surface area contributed by atoms with Crippen molar-refractivity contribution in [2.75, 3.05) is 41.0 Å². The SMILES string of the molecule is CC/C=C/C/C=C/C/C=C/C/C=C/C/C=C/CCCCCC(=O)OCC(COCCC(C(=O)[O-])[N+](C)(C)C)OC(=O)CCCCCCCCCCC. The van der Waals surface area contributed by atoms with Gasteiger partial charge >= 0.3 is 11.9 Å². The smallest absolute Gasteiger partial charge is 0.306 e. The molecule has 0 aliphatic carbocycles. The number of carbonyl (C=O) groups excluding carboxylic acids is 3. The fraction of sp³-hybridized carbons (Fsp3) is 0.705. The second-order valence-corrected chi connectivity index (χ2v) is 14.5. The number of hydrogen-bond acceptors (Lipinski definition) is 7. The van der Waals surface area contributed by atoms with E-state index in [1.54, 1.807) is 21.1 Å². The molecule has 0 rings (SSSR count). The van der Waals surface area contributed by atoms with E-state index in [9.17, 15) is 19.5 Å². The van der Waals surface area contributed by atoms with E-state index in [1.807, 2.05) is 0 Å². The first-order valence-corrected chi connectivity index (χ1v) is 20.3. The Morgan fingerprint density at radius 1 is 0.596 bits per heavy atom. The number of allylic oxidation sites excluding steroid dienone is 10. The summed E-state index contributed by atoms with van der Waals surface area (Å²) in [6, 6.07) is -0.730. The molecule has 0 bridgehead atoms. The summed E-state index contributed by atoms with van der Waals surface area (Å²) in [5, 5.41) is 11.6. The molecule has 0 saturated heterocycles. The van der Waals surface area contributed by atoms with Gasteiger partial charge in [0.25, 0.3) is 0 Å². The Kier molecular flexibility index (Phi) is 33.1. The molecule has 0 N–H and O–H groups in total. The first-order chi connectivity index (χ1) is 25.1. The predicted octanol–water partition coefficient (Wildman–Crippen LogP) is 9.30. The summed E-state index contributed by atoms with van der Waals surface area (Å²) in [4.78, 5) is 36.6. The minimum Gasteiger partial charge on any atom is -0.544 e. The van der Waals surface area contributed by atoms with E-state index in [4.69, 9.17) is 14.2 Å². The number of carboxylic acid groups (broad SMARTS) is 1. The van der Waals surface area contributed by atoms with Gasteiger partial charge in [0.2, 0.25) is 0 Å². The molecule has 0 aliphatic heterocycles. The Morgan fingerprint density at radius 3 is 1.60 bits per heavy atom. The first kappa shape index (κ1) is 49.0. The topological polar surface area (TPSA) is 102 Å². The van der Waals surface area contributed by atoms with Crippen LogP contribution < -0.4 is 5.11 Å². The molecule has 8 nitrogen and oxygen atoms in total. The molecule has 0 radical (unpaired) electrons. The van der Waals surface area contributed by atoms with Crippen LogP contribution in [-0.2, 0) is 28.6 Å². The number of quaternary nitrogens is 1. The van der Waals surface area contributed by atoms with Crippen molar-refractivity contribution in [3.63, 3.8) is 0 Å². The molecule has 0 saturated carbocycles. The van der Waals surface area contributed by atoms with Gasteiger partial charge in [-0.05, 0) is 57.8 Å². The summed E-state index contributed by atoms with van der Waals surface area (Å²) in [5.74, 6) is -1.79. The molecule has 0 spiro atoms. The lowest BCUT2D eigenvalue weighted by Crippen LogP contribution is -2.55. The average molecular weight is 730 g/mol. The Hall–Kier alpha value is -2.97. The average Bonchev–Trinajstić information content (AvgIpc) is 3.09. The Bertz CT molecular complexity index is 1040. The van der Waals surface area contributed by atoms with Gasteiger partial charge in [-0.2, -0.15) is 0 Å². The molecule has 2 unspecified atom stereocenters. The van der Waals surface area contributed by atoms with Gasteiger partial charge in [-0.3, -0.25) is 9.59 Å². The predicted molar refractivity (Wildman–Crippen MR) is 212 cm³/mol. The molecular formula is C44H75NO7. The van der Waals surface area contributed by atoms with Crippen LogP contribution in [0.1, 0.15) is 149 Å². The molecule has 298 valence electrons. The number of likely N-dealkylation sites (N-methyl/N-ethyl adjacent to an activating group) is 1. The fourth-order valence-corrected chi connectivity index (χ4v) is 5.51. The number of carboxylic acids is 1. The highest BCUT2D eigenvalue weighted by Crippen LogP contribution is 2.13. The number of rotatable bonds is 35. The highest BCUT2D eigenvalue weighted by Gasteiger charge is 2.25. The zero-order chi connectivity index (χ0) is 38.5. The number of esters is 2. The lowest BCUT2D eigenvalue weighted by Gasteiger charge is -2.34. The second kappa shape index (κ2) is 35.1. The summed E-state index contributed by atoms with van der Waals surface area (Å²) in [6.07, 6.45) is 41.1. The Morgan fingerprint density at radius 2 is 1.08 bits per heavy atom. The monoisotopic (exact) mass is 730 g/mol. The van der Waals surface area contributed by atoms with Crippen molar-refractivity contribution in [1.82, 2.24) is 0 Å². The number of carbonyl (C=O) groups is 3. The molecule has 8 heteroatoms. The van der Waals surface area contributed by atoms with Crippen molar-refractivity contribution >= 4 is 17.9 Å². The third-order valence-corrected chi connectivity index (χ3v) is 8.67. The van der Waals surface area contributed by atoms with Gasteiger partial charge in [-0.1, -0.05) is 132 Å². The number of hydrogen-bond donors (Lipinski definition) is 0. The minimum atomic E-state index is -1.13. The fourth-order valence-electron chi connectivity index (χ4n) is 5.51. The summed E-state index contributed by atoms with van der Waals surface area (Å²) >= 11 is 0. The van der Waals surface area contributed by atoms with E-state index in [-0.39, 0.29) is 42.7 Å². The van der Waals surface area contributed by atoms with E-state index in [0.29, 0.717) is 12.8 Å². The number of nitrogens with zero attached hydrogens (tertiary/aromatic N) is 1. The summed E-state index contributed by atoms with van der Waals surface area (Å²) in [6.45, 7) is 4.47. The van der Waals surface area contributed by atoms with Crippen molar-refractivity contribution in [2.24, 2.45) is 0 Å². The summed E-state index contributed by atoms with van der Waals surface area (Å²) < 4.78 is 17.1. The van der Waals surface area contributed by atoms with Gasteiger partial charge in [0.05, 0.1) is 40.3 Å². The molecule has 2 atom stereocenters. The van der Waals surface area contributed by atoms with Gasteiger partial charge in [0.1, 0.15) is 12.6 Å². The normalized spacial score (nSPS) is 13.6. The molecular weight excluding hydrogens is 654 g/mol. The third-order valence-electron chi connectivity index (χ3n) is 8.67. The molecule has 0 heterocycles. The van der Waals surface area contributed by atoms with Crippen LogP contribution in [-0.4, -0.2) is 75.5 Å². The van der Waals surface area contributed by atoms with Gasteiger partial charge in [0.15, 0.2) is 6.10 Å². The van der Waals surface area contributed by atoms with E-state index in [2.05, 4.69) is 74.6 Å². The van der Waals surface area contributed by atoms with Gasteiger partial charge in [-0.25, -0.2) is 0 Å². The van der Waals surface area contributed by atoms with E-state index in [0.717, 1.165) is 77.0 Å². The summed E-state index contributed by atoms with van der Waals surface area (Å²) in [5.41, 5.74) is 0. The standard InChI is InChI=1S/C44H75NO7/c1-6-8-10-12-14-16-17-18-19-20-21-22-23-24-25-27-28-30-32-34-42(46)51-39-40(38-50-37-36-41(44(48)49)45(3,4)5)52-43(47)35-33-31-29-26-15-13-11-9-7-2/h8,10,14,16,18-19,21-22,24-25,40-41H,6-7,9,11-13,15,17,20,23,26-39H2,1-5H3/b10-8+,16-14+,19-18+,22-21+,25-24+. The van der Waals surface area contributed by atoms with Crippen molar-refractivity contribution in [2.45, 2.75) is 161 Å². The molecule has 0 aromatic carbocycles. The molecule has 0 fully saturated rings. The summed E-state index contributed by atoms with van der Waals surface area (Å²) in [7, 11) is 5.38. The van der Waals surface area contributed by atoms with E-state index in [1.165, 1.54) is 38.5 Å². The van der Waals surface area contributed by atoms with Crippen LogP contribution in [0, 0.1) is 0 Å². The quantitative estimate of drug-likeness (QED) is 0.0277. The largest absolute Gasteiger partial charge is 0.544 e. The minimum absolute atomic E-state index is 0.0287. The highest BCUT2D eigenvalue weighted by atomic mass is 16.6. The van der Waals surface area contributed by atoms with Crippen LogP contribution in [0.15, 0.2) is 60.8 Å². The number of aliphatic carboxylic acids is 1. The van der Waals surface area contributed by atoms with Crippen LogP contribution in [0.2, 0.25) is 0 Å². The molecule has 0 amide bonds. The van der Waals surface area contributed by atoms with E-state index >= 15 is 0 Å². The second-order valence-electron chi connectivity index (χ2n) is 14.5. The van der Waals surface area contributed by atoms with Crippen molar-refractivity contribution in [3.8, 4) is 0 Å². The molecule has 0 aromatic heterocycles. The van der Waals surface area contributed by atoms with Crippen LogP contribution >= 0.6 is 0 Å².